The van der Waals surface area contributed by atoms with Gasteiger partial charge < -0.3 is 14.6 Å². The minimum atomic E-state index is -4.50. The van der Waals surface area contributed by atoms with Gasteiger partial charge in [0, 0.05) is 10.2 Å². The van der Waals surface area contributed by atoms with E-state index in [4.69, 9.17) is 9.40 Å². The maximum Gasteiger partial charge on any atom is 0.416 e. The van der Waals surface area contributed by atoms with Crippen LogP contribution in [0, 0.1) is 0 Å². The normalized spacial score (nSPS) is 12.3. The molecule has 5 rings (SSSR count). The van der Waals surface area contributed by atoms with E-state index in [1.165, 1.54) is 27.9 Å². The average Bonchev–Trinajstić information content (AvgIpc) is 3.45. The molecule has 204 valence electrons. The molecule has 1 unspecified atom stereocenters. The second-order valence-electron chi connectivity index (χ2n) is 8.99. The highest BCUT2D eigenvalue weighted by molar-refractivity contribution is 9.10. The minimum absolute atomic E-state index is 0.00364. The first-order valence-corrected chi connectivity index (χ1v) is 13.0. The number of carbonyl (C=O) groups excluding carboxylic acids is 1. The second kappa shape index (κ2) is 11.0. The third-order valence-electron chi connectivity index (χ3n) is 6.36. The highest BCUT2D eigenvalue weighted by Crippen LogP contribution is 2.30. The molecule has 5 aromatic rings. The van der Waals surface area contributed by atoms with Gasteiger partial charge in [0.1, 0.15) is 11.6 Å². The first-order valence-electron chi connectivity index (χ1n) is 12.2. The van der Waals surface area contributed by atoms with Crippen molar-refractivity contribution in [1.29, 1.82) is 0 Å². The molecule has 1 atom stereocenters. The number of amides is 2. The lowest BCUT2D eigenvalue weighted by Gasteiger charge is -2.30. The van der Waals surface area contributed by atoms with Crippen LogP contribution in [-0.2, 0) is 12.7 Å². The van der Waals surface area contributed by atoms with Crippen molar-refractivity contribution < 1.29 is 22.4 Å². The van der Waals surface area contributed by atoms with Crippen LogP contribution in [-0.4, -0.2) is 20.5 Å². The summed E-state index contributed by atoms with van der Waals surface area (Å²) in [7, 11) is 0. The summed E-state index contributed by atoms with van der Waals surface area (Å²) in [5.41, 5.74) is 0.0469. The maximum absolute atomic E-state index is 13.7. The van der Waals surface area contributed by atoms with Crippen molar-refractivity contribution in [2.45, 2.75) is 25.7 Å². The number of benzene rings is 3. The van der Waals surface area contributed by atoms with Gasteiger partial charge >= 0.3 is 12.2 Å². The number of hydrogen-bond acceptors (Lipinski definition) is 4. The van der Waals surface area contributed by atoms with Gasteiger partial charge in [0.25, 0.3) is 5.56 Å². The molecule has 0 fully saturated rings. The van der Waals surface area contributed by atoms with E-state index in [-0.39, 0.29) is 17.8 Å². The van der Waals surface area contributed by atoms with Crippen molar-refractivity contribution in [3.05, 3.63) is 123 Å². The summed E-state index contributed by atoms with van der Waals surface area (Å²) in [6.07, 6.45) is -3.03. The number of fused-ring (bicyclic) bond motifs is 1. The molecule has 11 heteroatoms. The first kappa shape index (κ1) is 27.2. The number of anilines is 1. The van der Waals surface area contributed by atoms with Crippen molar-refractivity contribution in [3.8, 4) is 5.69 Å². The van der Waals surface area contributed by atoms with Gasteiger partial charge in [0.05, 0.1) is 41.0 Å². The summed E-state index contributed by atoms with van der Waals surface area (Å²) in [6, 6.07) is 20.2. The Balaban J connectivity index is 1.58. The number of aromatic nitrogens is 2. The van der Waals surface area contributed by atoms with Crippen LogP contribution >= 0.6 is 15.9 Å². The van der Waals surface area contributed by atoms with E-state index in [9.17, 15) is 22.8 Å². The van der Waals surface area contributed by atoms with Crippen LogP contribution in [0.25, 0.3) is 16.6 Å². The van der Waals surface area contributed by atoms with Crippen LogP contribution in [0.2, 0.25) is 0 Å². The molecule has 0 spiro atoms. The predicted molar refractivity (Wildman–Crippen MR) is 148 cm³/mol. The fraction of sp³-hybridized carbons (Fsp3) is 0.138. The van der Waals surface area contributed by atoms with Crippen LogP contribution in [0.15, 0.2) is 105 Å². The van der Waals surface area contributed by atoms with Crippen LogP contribution in [0.4, 0.5) is 23.7 Å². The molecule has 2 heterocycles. The quantitative estimate of drug-likeness (QED) is 0.215. The van der Waals surface area contributed by atoms with Crippen molar-refractivity contribution in [3.63, 3.8) is 0 Å². The molecular weight excluding hydrogens is 589 g/mol. The first-order chi connectivity index (χ1) is 19.1. The van der Waals surface area contributed by atoms with E-state index in [0.29, 0.717) is 28.2 Å². The highest BCUT2D eigenvalue weighted by atomic mass is 79.9. The average molecular weight is 611 g/mol. The Morgan fingerprint density at radius 1 is 1.02 bits per heavy atom. The zero-order chi connectivity index (χ0) is 28.4. The lowest BCUT2D eigenvalue weighted by atomic mass is 10.1. The van der Waals surface area contributed by atoms with E-state index in [1.54, 1.807) is 67.6 Å². The SMILES string of the molecule is CC(c1nc2ccccc2c(=O)n1-c1ccc(Br)cc1)N(Cc1ccco1)C(=O)Nc1ccc(C(F)(F)F)cc1. The molecule has 1 N–H and O–H groups in total. The van der Waals surface area contributed by atoms with Crippen LogP contribution < -0.4 is 10.9 Å². The van der Waals surface area contributed by atoms with Gasteiger partial charge in [-0.15, -0.1) is 0 Å². The summed E-state index contributed by atoms with van der Waals surface area (Å²) in [5, 5.41) is 3.07. The smallest absolute Gasteiger partial charge is 0.416 e. The zero-order valence-electron chi connectivity index (χ0n) is 21.0. The second-order valence-corrected chi connectivity index (χ2v) is 9.91. The van der Waals surface area contributed by atoms with E-state index >= 15 is 0 Å². The number of carbonyl (C=O) groups is 1. The van der Waals surface area contributed by atoms with Crippen molar-refractivity contribution >= 4 is 38.6 Å². The Hall–Kier alpha value is -4.38. The maximum atomic E-state index is 13.7. The summed E-state index contributed by atoms with van der Waals surface area (Å²) < 4.78 is 46.8. The molecule has 0 saturated carbocycles. The molecule has 3 aromatic carbocycles. The Morgan fingerprint density at radius 2 is 1.73 bits per heavy atom. The molecule has 0 aliphatic carbocycles. The van der Waals surface area contributed by atoms with Gasteiger partial charge in [0.15, 0.2) is 0 Å². The fourth-order valence-corrected chi connectivity index (χ4v) is 4.57. The minimum Gasteiger partial charge on any atom is -0.467 e. The molecule has 0 aliphatic heterocycles. The number of furan rings is 1. The van der Waals surface area contributed by atoms with Gasteiger partial charge in [-0.05, 0) is 79.7 Å². The number of nitrogens with zero attached hydrogens (tertiary/aromatic N) is 3. The van der Waals surface area contributed by atoms with E-state index in [2.05, 4.69) is 21.2 Å². The third-order valence-corrected chi connectivity index (χ3v) is 6.89. The number of urea groups is 1. The molecule has 0 bridgehead atoms. The highest BCUT2D eigenvalue weighted by Gasteiger charge is 2.31. The number of nitrogens with one attached hydrogen (secondary N) is 1. The number of rotatable bonds is 6. The lowest BCUT2D eigenvalue weighted by molar-refractivity contribution is -0.137. The largest absolute Gasteiger partial charge is 0.467 e. The summed E-state index contributed by atoms with van der Waals surface area (Å²) in [5.74, 6) is 0.757. The van der Waals surface area contributed by atoms with Gasteiger partial charge in [-0.3, -0.25) is 9.36 Å². The van der Waals surface area contributed by atoms with Gasteiger partial charge in [-0.1, -0.05) is 28.1 Å². The zero-order valence-corrected chi connectivity index (χ0v) is 22.6. The summed E-state index contributed by atoms with van der Waals surface area (Å²) in [6.45, 7) is 1.73. The fourth-order valence-electron chi connectivity index (χ4n) is 4.30. The Kier molecular flexibility index (Phi) is 7.49. The van der Waals surface area contributed by atoms with Gasteiger partial charge in [-0.2, -0.15) is 13.2 Å². The van der Waals surface area contributed by atoms with Gasteiger partial charge in [0.2, 0.25) is 0 Å². The van der Waals surface area contributed by atoms with Gasteiger partial charge in [-0.25, -0.2) is 9.78 Å². The Morgan fingerprint density at radius 3 is 2.38 bits per heavy atom. The molecule has 2 aromatic heterocycles. The molecular formula is C29H22BrF3N4O3. The monoisotopic (exact) mass is 610 g/mol. The molecule has 2 amide bonds. The Labute approximate surface area is 235 Å². The summed E-state index contributed by atoms with van der Waals surface area (Å²) >= 11 is 3.41. The number of hydrogen-bond donors (Lipinski definition) is 1. The van der Waals surface area contributed by atoms with Crippen LogP contribution in [0.3, 0.4) is 0 Å². The Bertz CT molecular complexity index is 1700. The van der Waals surface area contributed by atoms with E-state index < -0.39 is 23.8 Å². The van der Waals surface area contributed by atoms with Crippen LogP contribution in [0.1, 0.15) is 30.1 Å². The van der Waals surface area contributed by atoms with E-state index in [0.717, 1.165) is 16.6 Å². The standard InChI is InChI=1S/C29H22BrF3N4O3/c1-18(26-35-25-7-3-2-6-24(25)27(38)37(26)22-14-10-20(30)11-15-22)36(17-23-5-4-16-40-23)28(39)34-21-12-8-19(9-13-21)29(31,32)33/h2-16,18H,17H2,1H3,(H,34,39). The summed E-state index contributed by atoms with van der Waals surface area (Å²) in [4.78, 5) is 33.5. The number of alkyl halides is 3. The topological polar surface area (TPSA) is 80.4 Å². The predicted octanol–water partition coefficient (Wildman–Crippen LogP) is 7.56. The van der Waals surface area contributed by atoms with Crippen molar-refractivity contribution in [2.75, 3.05) is 5.32 Å². The lowest BCUT2D eigenvalue weighted by Crippen LogP contribution is -2.39. The number of halogens is 4. The molecule has 7 nitrogen and oxygen atoms in total. The van der Waals surface area contributed by atoms with Crippen molar-refractivity contribution in [1.82, 2.24) is 14.5 Å². The van der Waals surface area contributed by atoms with Crippen LogP contribution in [0.5, 0.6) is 0 Å². The number of para-hydroxylation sites is 1. The molecule has 0 aliphatic rings. The molecule has 0 radical (unpaired) electrons. The van der Waals surface area contributed by atoms with E-state index in [1.807, 2.05) is 0 Å². The molecule has 40 heavy (non-hydrogen) atoms. The van der Waals surface area contributed by atoms with Crippen molar-refractivity contribution in [2.24, 2.45) is 0 Å². The molecule has 0 saturated heterocycles. The third kappa shape index (κ3) is 5.64.